The molecule has 3 aromatic rings. The second-order valence-electron chi connectivity index (χ2n) is 9.75. The molecule has 6 rings (SSSR count). The quantitative estimate of drug-likeness (QED) is 0.660. The largest absolute Gasteiger partial charge is 0.350 e. The third-order valence-electron chi connectivity index (χ3n) is 7.73. The molecular formula is C27H26FN3O2. The van der Waals surface area contributed by atoms with Crippen molar-refractivity contribution in [2.45, 2.75) is 38.3 Å². The van der Waals surface area contributed by atoms with Gasteiger partial charge in [-0.25, -0.2) is 4.39 Å². The molecular weight excluding hydrogens is 417 g/mol. The molecule has 1 aliphatic heterocycles. The minimum atomic E-state index is -0.569. The molecule has 0 saturated heterocycles. The predicted octanol–water partition coefficient (Wildman–Crippen LogP) is 4.10. The fourth-order valence-electron chi connectivity index (χ4n) is 5.84. The first-order valence-corrected chi connectivity index (χ1v) is 11.8. The van der Waals surface area contributed by atoms with E-state index in [1.165, 1.54) is 29.8 Å². The van der Waals surface area contributed by atoms with E-state index in [0.717, 1.165) is 30.1 Å². The summed E-state index contributed by atoms with van der Waals surface area (Å²) in [5.41, 5.74) is 2.38. The van der Waals surface area contributed by atoms with Crippen LogP contribution < -0.4 is 5.32 Å². The van der Waals surface area contributed by atoms with Crippen molar-refractivity contribution in [1.29, 1.82) is 0 Å². The summed E-state index contributed by atoms with van der Waals surface area (Å²) in [5, 5.41) is 4.18. The van der Waals surface area contributed by atoms with Crippen LogP contribution in [0.4, 0.5) is 4.39 Å². The Hall–Kier alpha value is -3.28. The Labute approximate surface area is 192 Å². The number of hydrogen-bond acceptors (Lipinski definition) is 3. The first-order valence-electron chi connectivity index (χ1n) is 11.8. The highest BCUT2D eigenvalue weighted by Crippen LogP contribution is 2.54. The summed E-state index contributed by atoms with van der Waals surface area (Å²) in [5.74, 6) is 0.726. The van der Waals surface area contributed by atoms with Gasteiger partial charge < -0.3 is 10.2 Å². The molecule has 1 N–H and O–H groups in total. The van der Waals surface area contributed by atoms with Gasteiger partial charge >= 0.3 is 0 Å². The Bertz CT molecular complexity index is 1250. The molecule has 2 heterocycles. The second-order valence-corrected chi connectivity index (χ2v) is 9.75. The van der Waals surface area contributed by atoms with Crippen molar-refractivity contribution in [1.82, 2.24) is 15.2 Å². The minimum absolute atomic E-state index is 0.00515. The lowest BCUT2D eigenvalue weighted by molar-refractivity contribution is -0.139. The Kier molecular flexibility index (Phi) is 4.89. The van der Waals surface area contributed by atoms with Crippen LogP contribution in [0, 0.1) is 23.6 Å². The zero-order chi connectivity index (χ0) is 22.5. The molecule has 0 bridgehead atoms. The van der Waals surface area contributed by atoms with E-state index in [2.05, 4.69) is 22.4 Å². The highest BCUT2D eigenvalue weighted by molar-refractivity contribution is 6.07. The van der Waals surface area contributed by atoms with E-state index < -0.39 is 11.7 Å². The van der Waals surface area contributed by atoms with Crippen molar-refractivity contribution < 1.29 is 14.0 Å². The average molecular weight is 444 g/mol. The van der Waals surface area contributed by atoms with Crippen molar-refractivity contribution >= 4 is 22.6 Å². The molecule has 168 valence electrons. The predicted molar refractivity (Wildman–Crippen MR) is 123 cm³/mol. The summed E-state index contributed by atoms with van der Waals surface area (Å²) in [4.78, 5) is 32.6. The molecule has 2 amide bonds. The summed E-state index contributed by atoms with van der Waals surface area (Å²) < 4.78 is 14.6. The SMILES string of the molecule is O=C(NCC1Cc2ccccc2CN1C(=O)C1C[C@@H]2C[C@@H]2C1)c1c(F)ccc2ccncc12. The van der Waals surface area contributed by atoms with E-state index >= 15 is 0 Å². The van der Waals surface area contributed by atoms with Crippen molar-refractivity contribution in [3.05, 3.63) is 77.4 Å². The van der Waals surface area contributed by atoms with Gasteiger partial charge in [-0.2, -0.15) is 0 Å². The summed E-state index contributed by atoms with van der Waals surface area (Å²) >= 11 is 0. The van der Waals surface area contributed by atoms with Gasteiger partial charge in [-0.15, -0.1) is 0 Å². The highest BCUT2D eigenvalue weighted by atomic mass is 19.1. The number of benzene rings is 2. The van der Waals surface area contributed by atoms with Crippen LogP contribution >= 0.6 is 0 Å². The van der Waals surface area contributed by atoms with Crippen LogP contribution in [0.25, 0.3) is 10.8 Å². The normalized spacial score (nSPS) is 25.4. The molecule has 2 fully saturated rings. The lowest BCUT2D eigenvalue weighted by Crippen LogP contribution is -2.51. The van der Waals surface area contributed by atoms with Gasteiger partial charge in [0.2, 0.25) is 5.91 Å². The number of carbonyl (C=O) groups excluding carboxylic acids is 2. The Morgan fingerprint density at radius 1 is 1.03 bits per heavy atom. The van der Waals surface area contributed by atoms with Crippen molar-refractivity contribution in [2.75, 3.05) is 6.54 Å². The van der Waals surface area contributed by atoms with Gasteiger partial charge in [-0.05, 0) is 66.2 Å². The molecule has 5 nitrogen and oxygen atoms in total. The number of rotatable bonds is 4. The summed E-state index contributed by atoms with van der Waals surface area (Å²) in [6, 6.07) is 12.8. The van der Waals surface area contributed by atoms with Gasteiger partial charge in [0, 0.05) is 36.8 Å². The van der Waals surface area contributed by atoms with Crippen molar-refractivity contribution in [3.63, 3.8) is 0 Å². The van der Waals surface area contributed by atoms with Crippen molar-refractivity contribution in [2.24, 2.45) is 17.8 Å². The average Bonchev–Trinajstić information content (AvgIpc) is 3.45. The number of amides is 2. The molecule has 0 radical (unpaired) electrons. The Balaban J connectivity index is 1.24. The van der Waals surface area contributed by atoms with Crippen LogP contribution in [0.15, 0.2) is 54.9 Å². The number of fused-ring (bicyclic) bond motifs is 3. The maximum atomic E-state index is 14.6. The second kappa shape index (κ2) is 7.94. The number of halogens is 1. The maximum absolute atomic E-state index is 14.6. The molecule has 4 atom stereocenters. The van der Waals surface area contributed by atoms with Crippen LogP contribution in [-0.2, 0) is 17.8 Å². The maximum Gasteiger partial charge on any atom is 0.255 e. The first kappa shape index (κ1) is 20.3. The number of pyridine rings is 1. The van der Waals surface area contributed by atoms with Crippen LogP contribution in [0.3, 0.4) is 0 Å². The molecule has 6 heteroatoms. The molecule has 0 spiro atoms. The molecule has 2 saturated carbocycles. The van der Waals surface area contributed by atoms with E-state index in [1.54, 1.807) is 18.3 Å². The van der Waals surface area contributed by atoms with E-state index in [4.69, 9.17) is 0 Å². The standard InChI is InChI=1S/C27H26FN3O2/c28-24-6-5-16-7-8-29-14-23(16)25(24)26(32)30-13-22-12-17-3-1-2-4-18(17)15-31(22)27(33)21-10-19-9-20(19)11-21/h1-8,14,19-22H,9-13,15H2,(H,30,32)/t19-,20+,21?,22?. The lowest BCUT2D eigenvalue weighted by Gasteiger charge is -2.38. The van der Waals surface area contributed by atoms with Crippen LogP contribution in [0.1, 0.15) is 40.7 Å². The monoisotopic (exact) mass is 443 g/mol. The number of hydrogen-bond donors (Lipinski definition) is 1. The van der Waals surface area contributed by atoms with Gasteiger partial charge in [0.15, 0.2) is 0 Å². The Morgan fingerprint density at radius 3 is 2.64 bits per heavy atom. The topological polar surface area (TPSA) is 62.3 Å². The van der Waals surface area contributed by atoms with Gasteiger partial charge in [0.1, 0.15) is 5.82 Å². The third kappa shape index (κ3) is 3.67. The zero-order valence-corrected chi connectivity index (χ0v) is 18.3. The van der Waals surface area contributed by atoms with Crippen LogP contribution in [0.5, 0.6) is 0 Å². The van der Waals surface area contributed by atoms with Crippen molar-refractivity contribution in [3.8, 4) is 0 Å². The summed E-state index contributed by atoms with van der Waals surface area (Å²) in [7, 11) is 0. The van der Waals surface area contributed by atoms with Gasteiger partial charge in [0.05, 0.1) is 11.6 Å². The minimum Gasteiger partial charge on any atom is -0.350 e. The first-order chi connectivity index (χ1) is 16.1. The van der Waals surface area contributed by atoms with Gasteiger partial charge in [-0.1, -0.05) is 30.3 Å². The van der Waals surface area contributed by atoms with Gasteiger partial charge in [-0.3, -0.25) is 14.6 Å². The fourth-order valence-corrected chi connectivity index (χ4v) is 5.84. The van der Waals surface area contributed by atoms with E-state index in [9.17, 15) is 14.0 Å². The molecule has 2 unspecified atom stereocenters. The van der Waals surface area contributed by atoms with Gasteiger partial charge in [0.25, 0.3) is 5.91 Å². The van der Waals surface area contributed by atoms with Crippen LogP contribution in [0.2, 0.25) is 0 Å². The molecule has 2 aliphatic carbocycles. The lowest BCUT2D eigenvalue weighted by atomic mass is 9.91. The Morgan fingerprint density at radius 2 is 1.82 bits per heavy atom. The smallest absolute Gasteiger partial charge is 0.255 e. The van der Waals surface area contributed by atoms with E-state index in [0.29, 0.717) is 18.4 Å². The number of nitrogens with zero attached hydrogens (tertiary/aromatic N) is 2. The number of carbonyl (C=O) groups is 2. The highest BCUT2D eigenvalue weighted by Gasteiger charge is 2.49. The molecule has 3 aliphatic rings. The van der Waals surface area contributed by atoms with Crippen LogP contribution in [-0.4, -0.2) is 34.3 Å². The molecule has 33 heavy (non-hydrogen) atoms. The van der Waals surface area contributed by atoms with E-state index in [1.807, 2.05) is 17.0 Å². The molecule has 1 aromatic heterocycles. The van der Waals surface area contributed by atoms with E-state index in [-0.39, 0.29) is 30.0 Å². The fraction of sp³-hybridized carbons (Fsp3) is 0.370. The third-order valence-corrected chi connectivity index (χ3v) is 7.73. The number of aromatic nitrogens is 1. The number of nitrogens with one attached hydrogen (secondary N) is 1. The summed E-state index contributed by atoms with van der Waals surface area (Å²) in [6.45, 7) is 0.850. The molecule has 2 aromatic carbocycles. The summed E-state index contributed by atoms with van der Waals surface area (Å²) in [6.07, 6.45) is 7.09. The zero-order valence-electron chi connectivity index (χ0n) is 18.3.